The fourth-order valence-corrected chi connectivity index (χ4v) is 3.45. The number of phenolic OH excluding ortho intramolecular Hbond substituents is 1. The number of aromatic nitrogens is 1. The quantitative estimate of drug-likeness (QED) is 0.288. The maximum absolute atomic E-state index is 13.0. The third kappa shape index (κ3) is 4.81. The summed E-state index contributed by atoms with van der Waals surface area (Å²) in [6.07, 6.45) is 1.57. The standard InChI is InChI=1S/C26H21ClN2O4/c1-26(2,25(32)29-21-13-14-22(30)23-20(21)4-3-15-28-23)33-19-11-7-17(8-12-19)24(31)16-5-9-18(27)10-6-16/h3-15,30H,1-2H3,(H,29,32). The van der Waals surface area contributed by atoms with Gasteiger partial charge in [0, 0.05) is 27.7 Å². The van der Waals surface area contributed by atoms with Crippen LogP contribution in [0.15, 0.2) is 79.0 Å². The number of benzene rings is 3. The Labute approximate surface area is 195 Å². The molecule has 0 aliphatic carbocycles. The molecule has 0 fully saturated rings. The number of carbonyl (C=O) groups excluding carboxylic acids is 2. The molecule has 33 heavy (non-hydrogen) atoms. The van der Waals surface area contributed by atoms with Crippen LogP contribution in [0, 0.1) is 0 Å². The number of pyridine rings is 1. The van der Waals surface area contributed by atoms with Gasteiger partial charge in [0.2, 0.25) is 0 Å². The lowest BCUT2D eigenvalue weighted by atomic mass is 10.0. The van der Waals surface area contributed by atoms with Crippen molar-refractivity contribution in [2.45, 2.75) is 19.4 Å². The van der Waals surface area contributed by atoms with Crippen molar-refractivity contribution in [1.82, 2.24) is 4.98 Å². The van der Waals surface area contributed by atoms with E-state index in [1.54, 1.807) is 86.8 Å². The summed E-state index contributed by atoms with van der Waals surface area (Å²) < 4.78 is 5.92. The number of carbonyl (C=O) groups is 2. The summed E-state index contributed by atoms with van der Waals surface area (Å²) in [6, 6.07) is 19.9. The van der Waals surface area contributed by atoms with Crippen LogP contribution in [-0.2, 0) is 4.79 Å². The van der Waals surface area contributed by atoms with Crippen molar-refractivity contribution in [3.8, 4) is 11.5 Å². The molecule has 0 atom stereocenters. The number of fused-ring (bicyclic) bond motifs is 1. The summed E-state index contributed by atoms with van der Waals surface area (Å²) in [4.78, 5) is 29.8. The minimum absolute atomic E-state index is 0.0346. The number of ketones is 1. The molecule has 0 aliphatic heterocycles. The SMILES string of the molecule is CC(C)(Oc1ccc(C(=O)c2ccc(Cl)cc2)cc1)C(=O)Nc1ccc(O)c2ncccc12. The largest absolute Gasteiger partial charge is 0.506 e. The smallest absolute Gasteiger partial charge is 0.267 e. The van der Waals surface area contributed by atoms with Gasteiger partial charge >= 0.3 is 0 Å². The number of anilines is 1. The van der Waals surface area contributed by atoms with Crippen molar-refractivity contribution in [1.29, 1.82) is 0 Å². The molecule has 2 N–H and O–H groups in total. The highest BCUT2D eigenvalue weighted by molar-refractivity contribution is 6.30. The Morgan fingerprint density at radius 2 is 1.58 bits per heavy atom. The zero-order valence-corrected chi connectivity index (χ0v) is 18.8. The molecule has 0 spiro atoms. The third-order valence-corrected chi connectivity index (χ3v) is 5.39. The van der Waals surface area contributed by atoms with Crippen molar-refractivity contribution in [2.75, 3.05) is 5.32 Å². The number of phenols is 1. The summed E-state index contributed by atoms with van der Waals surface area (Å²) in [5.74, 6) is -0.0323. The van der Waals surface area contributed by atoms with Crippen LogP contribution in [0.5, 0.6) is 11.5 Å². The van der Waals surface area contributed by atoms with Crippen molar-refractivity contribution in [2.24, 2.45) is 0 Å². The number of aromatic hydroxyl groups is 1. The molecule has 6 nitrogen and oxygen atoms in total. The lowest BCUT2D eigenvalue weighted by molar-refractivity contribution is -0.128. The van der Waals surface area contributed by atoms with Crippen LogP contribution < -0.4 is 10.1 Å². The highest BCUT2D eigenvalue weighted by Gasteiger charge is 2.30. The highest BCUT2D eigenvalue weighted by atomic mass is 35.5. The number of nitrogens with zero attached hydrogens (tertiary/aromatic N) is 1. The van der Waals surface area contributed by atoms with Crippen LogP contribution in [0.4, 0.5) is 5.69 Å². The molecule has 166 valence electrons. The average Bonchev–Trinajstić information content (AvgIpc) is 2.81. The van der Waals surface area contributed by atoms with Crippen molar-refractivity contribution in [3.63, 3.8) is 0 Å². The summed E-state index contributed by atoms with van der Waals surface area (Å²) in [5.41, 5.74) is 0.725. The Morgan fingerprint density at radius 3 is 2.24 bits per heavy atom. The van der Waals surface area contributed by atoms with E-state index >= 15 is 0 Å². The maximum Gasteiger partial charge on any atom is 0.267 e. The minimum Gasteiger partial charge on any atom is -0.506 e. The van der Waals surface area contributed by atoms with E-state index in [2.05, 4.69) is 10.3 Å². The Bertz CT molecular complexity index is 1330. The molecule has 1 amide bonds. The molecular weight excluding hydrogens is 440 g/mol. The summed E-state index contributed by atoms with van der Waals surface area (Å²) in [5, 5.41) is 14.0. The first-order chi connectivity index (χ1) is 15.7. The van der Waals surface area contributed by atoms with Gasteiger partial charge in [0.05, 0.1) is 5.69 Å². The first-order valence-electron chi connectivity index (χ1n) is 10.2. The molecule has 0 aliphatic rings. The topological polar surface area (TPSA) is 88.5 Å². The van der Waals surface area contributed by atoms with E-state index in [1.165, 1.54) is 6.07 Å². The van der Waals surface area contributed by atoms with Gasteiger partial charge in [-0.15, -0.1) is 0 Å². The van der Waals surface area contributed by atoms with Gasteiger partial charge in [-0.2, -0.15) is 0 Å². The van der Waals surface area contributed by atoms with E-state index in [9.17, 15) is 14.7 Å². The van der Waals surface area contributed by atoms with Crippen LogP contribution in [-0.4, -0.2) is 27.4 Å². The van der Waals surface area contributed by atoms with E-state index in [-0.39, 0.29) is 17.4 Å². The third-order valence-electron chi connectivity index (χ3n) is 5.14. The fraction of sp³-hybridized carbons (Fsp3) is 0.115. The predicted molar refractivity (Wildman–Crippen MR) is 128 cm³/mol. The Hall–Kier alpha value is -3.90. The molecule has 1 aromatic heterocycles. The first-order valence-corrected chi connectivity index (χ1v) is 10.6. The summed E-state index contributed by atoms with van der Waals surface area (Å²) in [7, 11) is 0. The van der Waals surface area contributed by atoms with Gasteiger partial charge in [-0.25, -0.2) is 0 Å². The number of ether oxygens (including phenoxy) is 1. The van der Waals surface area contributed by atoms with E-state index in [4.69, 9.17) is 16.3 Å². The Kier molecular flexibility index (Phi) is 6.03. The zero-order valence-electron chi connectivity index (χ0n) is 18.0. The maximum atomic E-state index is 13.0. The molecule has 0 radical (unpaired) electrons. The molecule has 3 aromatic carbocycles. The van der Waals surface area contributed by atoms with Gasteiger partial charge in [-0.05, 0) is 86.6 Å². The molecular formula is C26H21ClN2O4. The number of hydrogen-bond acceptors (Lipinski definition) is 5. The summed E-state index contributed by atoms with van der Waals surface area (Å²) in [6.45, 7) is 3.30. The first kappa shape index (κ1) is 22.3. The lowest BCUT2D eigenvalue weighted by Gasteiger charge is -2.25. The van der Waals surface area contributed by atoms with Crippen molar-refractivity contribution in [3.05, 3.63) is 95.1 Å². The van der Waals surface area contributed by atoms with Crippen molar-refractivity contribution >= 4 is 39.9 Å². The zero-order chi connectivity index (χ0) is 23.6. The molecule has 4 aromatic rings. The fourth-order valence-electron chi connectivity index (χ4n) is 3.32. The second-order valence-electron chi connectivity index (χ2n) is 7.96. The van der Waals surface area contributed by atoms with Crippen LogP contribution in [0.25, 0.3) is 10.9 Å². The number of halogens is 1. The van der Waals surface area contributed by atoms with Gasteiger partial charge < -0.3 is 15.2 Å². The van der Waals surface area contributed by atoms with Gasteiger partial charge in [0.15, 0.2) is 11.4 Å². The van der Waals surface area contributed by atoms with Crippen LogP contribution in [0.2, 0.25) is 5.02 Å². The molecule has 1 heterocycles. The van der Waals surface area contributed by atoms with Crippen molar-refractivity contribution < 1.29 is 19.4 Å². The molecule has 0 unspecified atom stereocenters. The molecule has 4 rings (SSSR count). The van der Waals surface area contributed by atoms with Gasteiger partial charge in [0.25, 0.3) is 5.91 Å². The molecule has 7 heteroatoms. The number of nitrogens with one attached hydrogen (secondary N) is 1. The molecule has 0 bridgehead atoms. The minimum atomic E-state index is -1.21. The lowest BCUT2D eigenvalue weighted by Crippen LogP contribution is -2.42. The second kappa shape index (κ2) is 8.92. The average molecular weight is 461 g/mol. The van der Waals surface area contributed by atoms with Gasteiger partial charge in [-0.3, -0.25) is 14.6 Å². The van der Waals surface area contributed by atoms with E-state index < -0.39 is 5.60 Å². The van der Waals surface area contributed by atoms with E-state index in [0.717, 1.165) is 0 Å². The molecule has 0 saturated carbocycles. The van der Waals surface area contributed by atoms with Gasteiger partial charge in [-0.1, -0.05) is 11.6 Å². The predicted octanol–water partition coefficient (Wildman–Crippen LogP) is 5.62. The Balaban J connectivity index is 1.48. The molecule has 0 saturated heterocycles. The monoisotopic (exact) mass is 460 g/mol. The van der Waals surface area contributed by atoms with Crippen LogP contribution >= 0.6 is 11.6 Å². The highest BCUT2D eigenvalue weighted by Crippen LogP contribution is 2.30. The van der Waals surface area contributed by atoms with Crippen LogP contribution in [0.3, 0.4) is 0 Å². The second-order valence-corrected chi connectivity index (χ2v) is 8.40. The van der Waals surface area contributed by atoms with E-state index in [0.29, 0.717) is 38.5 Å². The number of rotatable bonds is 6. The Morgan fingerprint density at radius 1 is 0.939 bits per heavy atom. The van der Waals surface area contributed by atoms with E-state index in [1.807, 2.05) is 0 Å². The normalized spacial score (nSPS) is 11.2. The van der Waals surface area contributed by atoms with Gasteiger partial charge in [0.1, 0.15) is 17.0 Å². The summed E-state index contributed by atoms with van der Waals surface area (Å²) >= 11 is 5.88. The number of hydrogen-bond donors (Lipinski definition) is 2. The number of amides is 1. The van der Waals surface area contributed by atoms with Crippen LogP contribution in [0.1, 0.15) is 29.8 Å².